The molecule has 1 fully saturated rings. The summed E-state index contributed by atoms with van der Waals surface area (Å²) in [6.45, 7) is 4.29. The first-order valence-electron chi connectivity index (χ1n) is 6.94. The summed E-state index contributed by atoms with van der Waals surface area (Å²) in [5, 5.41) is 1.22. The van der Waals surface area contributed by atoms with E-state index in [9.17, 15) is 9.59 Å². The molecule has 1 aliphatic heterocycles. The third-order valence-electron chi connectivity index (χ3n) is 3.54. The van der Waals surface area contributed by atoms with E-state index in [4.69, 9.17) is 23.2 Å². The predicted octanol–water partition coefficient (Wildman–Crippen LogP) is 3.01. The van der Waals surface area contributed by atoms with E-state index in [1.54, 1.807) is 6.07 Å². The van der Waals surface area contributed by atoms with Crippen LogP contribution in [0, 0.1) is 0 Å². The van der Waals surface area contributed by atoms with Crippen molar-refractivity contribution in [1.29, 1.82) is 0 Å². The average molecular weight is 329 g/mol. The van der Waals surface area contributed by atoms with Gasteiger partial charge >= 0.3 is 0 Å². The molecule has 1 heterocycles. The lowest BCUT2D eigenvalue weighted by Gasteiger charge is -2.36. The minimum Gasteiger partial charge on any atom is -0.368 e. The van der Waals surface area contributed by atoms with Gasteiger partial charge in [-0.2, -0.15) is 0 Å². The molecule has 1 aromatic carbocycles. The van der Waals surface area contributed by atoms with Crippen LogP contribution in [-0.4, -0.2) is 42.8 Å². The maximum absolute atomic E-state index is 12.0. The van der Waals surface area contributed by atoms with Crippen molar-refractivity contribution in [3.8, 4) is 0 Å². The van der Waals surface area contributed by atoms with E-state index >= 15 is 0 Å². The number of ketones is 1. The number of rotatable bonds is 4. The van der Waals surface area contributed by atoms with Crippen LogP contribution in [0.25, 0.3) is 0 Å². The molecule has 21 heavy (non-hydrogen) atoms. The summed E-state index contributed by atoms with van der Waals surface area (Å²) in [5.74, 6) is 0.101. The molecule has 0 atom stereocenters. The summed E-state index contributed by atoms with van der Waals surface area (Å²) in [7, 11) is 0. The Morgan fingerprint density at radius 1 is 1.00 bits per heavy atom. The van der Waals surface area contributed by atoms with Gasteiger partial charge in [0.15, 0.2) is 0 Å². The maximum atomic E-state index is 12.0. The van der Waals surface area contributed by atoms with Gasteiger partial charge in [0.2, 0.25) is 5.91 Å². The van der Waals surface area contributed by atoms with Crippen LogP contribution < -0.4 is 4.90 Å². The quantitative estimate of drug-likeness (QED) is 0.853. The second-order valence-electron chi connectivity index (χ2n) is 5.20. The lowest BCUT2D eigenvalue weighted by molar-refractivity contribution is -0.133. The monoisotopic (exact) mass is 328 g/mol. The molecule has 0 aliphatic carbocycles. The molecule has 0 aromatic heterocycles. The lowest BCUT2D eigenvalue weighted by Crippen LogP contribution is -2.48. The van der Waals surface area contributed by atoms with Gasteiger partial charge in [0.25, 0.3) is 0 Å². The molecule has 114 valence electrons. The van der Waals surface area contributed by atoms with E-state index in [-0.39, 0.29) is 11.7 Å². The minimum atomic E-state index is 0.0500. The fourth-order valence-electron chi connectivity index (χ4n) is 2.38. The van der Waals surface area contributed by atoms with Crippen LogP contribution in [0.1, 0.15) is 19.8 Å². The van der Waals surface area contributed by atoms with E-state index in [0.29, 0.717) is 36.0 Å². The van der Waals surface area contributed by atoms with Crippen molar-refractivity contribution < 1.29 is 9.59 Å². The average Bonchev–Trinajstić information content (AvgIpc) is 2.44. The molecule has 1 saturated heterocycles. The Kier molecular flexibility index (Phi) is 5.48. The van der Waals surface area contributed by atoms with E-state index in [0.717, 1.165) is 18.8 Å². The first-order valence-corrected chi connectivity index (χ1v) is 7.69. The molecular weight excluding hydrogens is 311 g/mol. The van der Waals surface area contributed by atoms with Crippen LogP contribution in [0.2, 0.25) is 10.0 Å². The Hall–Kier alpha value is -1.26. The molecule has 0 spiro atoms. The van der Waals surface area contributed by atoms with Crippen LogP contribution in [0.4, 0.5) is 5.69 Å². The van der Waals surface area contributed by atoms with Crippen molar-refractivity contribution in [3.63, 3.8) is 0 Å². The number of carbonyl (C=O) groups is 2. The predicted molar refractivity (Wildman–Crippen MR) is 85.2 cm³/mol. The summed E-state index contributed by atoms with van der Waals surface area (Å²) in [4.78, 5) is 26.9. The smallest absolute Gasteiger partial charge is 0.223 e. The Bertz CT molecular complexity index is 520. The van der Waals surface area contributed by atoms with Crippen molar-refractivity contribution in [2.45, 2.75) is 19.8 Å². The van der Waals surface area contributed by atoms with Gasteiger partial charge in [0.1, 0.15) is 5.78 Å². The van der Waals surface area contributed by atoms with Crippen molar-refractivity contribution in [2.24, 2.45) is 0 Å². The van der Waals surface area contributed by atoms with Crippen molar-refractivity contribution in [2.75, 3.05) is 31.1 Å². The number of nitrogens with zero attached hydrogens (tertiary/aromatic N) is 2. The van der Waals surface area contributed by atoms with Crippen LogP contribution >= 0.6 is 23.2 Å². The van der Waals surface area contributed by atoms with Crippen LogP contribution in [0.5, 0.6) is 0 Å². The highest BCUT2D eigenvalue weighted by Crippen LogP contribution is 2.26. The normalized spacial score (nSPS) is 15.2. The Morgan fingerprint density at radius 2 is 1.57 bits per heavy atom. The molecule has 2 rings (SSSR count). The number of amides is 1. The van der Waals surface area contributed by atoms with E-state index in [2.05, 4.69) is 4.90 Å². The zero-order valence-electron chi connectivity index (χ0n) is 11.9. The van der Waals surface area contributed by atoms with E-state index in [1.807, 2.05) is 17.0 Å². The number of hydrogen-bond acceptors (Lipinski definition) is 3. The molecule has 0 bridgehead atoms. The zero-order chi connectivity index (χ0) is 15.4. The summed E-state index contributed by atoms with van der Waals surface area (Å²) >= 11 is 12.0. The molecule has 1 aliphatic rings. The largest absolute Gasteiger partial charge is 0.368 e. The van der Waals surface area contributed by atoms with Gasteiger partial charge in [-0.3, -0.25) is 4.79 Å². The van der Waals surface area contributed by atoms with E-state index < -0.39 is 0 Å². The standard InChI is InChI=1S/C15H18Cl2N2O2/c1-11(20)2-3-15(21)19-6-4-18(5-7-19)14-9-12(16)8-13(17)10-14/h8-10H,2-7H2,1H3. The van der Waals surface area contributed by atoms with Gasteiger partial charge in [-0.15, -0.1) is 0 Å². The number of benzene rings is 1. The number of piperazine rings is 1. The molecule has 0 N–H and O–H groups in total. The van der Waals surface area contributed by atoms with Gasteiger partial charge < -0.3 is 14.6 Å². The van der Waals surface area contributed by atoms with Crippen molar-refractivity contribution in [1.82, 2.24) is 4.90 Å². The molecule has 1 amide bonds. The number of Topliss-reactive ketones (excluding diaryl/α,β-unsaturated/α-hetero) is 1. The number of halogens is 2. The molecule has 0 radical (unpaired) electrons. The first kappa shape index (κ1) is 16.1. The topological polar surface area (TPSA) is 40.6 Å². The highest BCUT2D eigenvalue weighted by atomic mass is 35.5. The SMILES string of the molecule is CC(=O)CCC(=O)N1CCN(c2cc(Cl)cc(Cl)c2)CC1. The summed E-state index contributed by atoms with van der Waals surface area (Å²) < 4.78 is 0. The zero-order valence-corrected chi connectivity index (χ0v) is 13.5. The first-order chi connectivity index (χ1) is 9.95. The Morgan fingerprint density at radius 3 is 2.10 bits per heavy atom. The van der Waals surface area contributed by atoms with Crippen LogP contribution in [0.15, 0.2) is 18.2 Å². The summed E-state index contributed by atoms with van der Waals surface area (Å²) in [6.07, 6.45) is 0.626. The Labute approximate surface area is 134 Å². The second-order valence-corrected chi connectivity index (χ2v) is 6.07. The van der Waals surface area contributed by atoms with Crippen molar-refractivity contribution >= 4 is 40.6 Å². The maximum Gasteiger partial charge on any atom is 0.223 e. The van der Waals surface area contributed by atoms with Gasteiger partial charge in [0, 0.05) is 54.8 Å². The van der Waals surface area contributed by atoms with Gasteiger partial charge in [-0.05, 0) is 25.1 Å². The molecule has 4 nitrogen and oxygen atoms in total. The summed E-state index contributed by atoms with van der Waals surface area (Å²) in [6, 6.07) is 5.45. The van der Waals surface area contributed by atoms with Gasteiger partial charge in [-0.1, -0.05) is 23.2 Å². The summed E-state index contributed by atoms with van der Waals surface area (Å²) in [5.41, 5.74) is 0.975. The third kappa shape index (κ3) is 4.61. The lowest BCUT2D eigenvalue weighted by atomic mass is 10.2. The number of anilines is 1. The van der Waals surface area contributed by atoms with Crippen LogP contribution in [-0.2, 0) is 9.59 Å². The van der Waals surface area contributed by atoms with Crippen molar-refractivity contribution in [3.05, 3.63) is 28.2 Å². The number of carbonyl (C=O) groups excluding carboxylic acids is 2. The number of hydrogen-bond donors (Lipinski definition) is 0. The van der Waals surface area contributed by atoms with Gasteiger partial charge in [0.05, 0.1) is 0 Å². The molecule has 0 unspecified atom stereocenters. The Balaban J connectivity index is 1.90. The molecule has 0 saturated carbocycles. The molecule has 1 aromatic rings. The van der Waals surface area contributed by atoms with Gasteiger partial charge in [-0.25, -0.2) is 0 Å². The molecule has 6 heteroatoms. The fourth-order valence-corrected chi connectivity index (χ4v) is 2.89. The third-order valence-corrected chi connectivity index (χ3v) is 3.97. The highest BCUT2D eigenvalue weighted by Gasteiger charge is 2.21. The van der Waals surface area contributed by atoms with Crippen LogP contribution in [0.3, 0.4) is 0 Å². The fraction of sp³-hybridized carbons (Fsp3) is 0.467. The minimum absolute atomic E-state index is 0.0500. The highest BCUT2D eigenvalue weighted by molar-refractivity contribution is 6.35. The van der Waals surface area contributed by atoms with E-state index in [1.165, 1.54) is 6.92 Å². The second kappa shape index (κ2) is 7.14. The molecular formula is C15H18Cl2N2O2.